The Morgan fingerprint density at radius 1 is 1.45 bits per heavy atom. The summed E-state index contributed by atoms with van der Waals surface area (Å²) in [7, 11) is 0. The van der Waals surface area contributed by atoms with Gasteiger partial charge in [0.1, 0.15) is 12.0 Å². The van der Waals surface area contributed by atoms with Crippen molar-refractivity contribution < 1.29 is 9.21 Å². The Hall–Kier alpha value is -2.22. The number of amides is 1. The maximum Gasteiger partial charge on any atom is 0.258 e. The molecular weight excluding hydrogens is 276 g/mol. The standard InChI is InChI=1S/C15H13ClN2O2/c1-10-7-12(9-20-10)15(19)18-14-5-4-13(16)8-11(14)3-2-6-17/h4-5,7-9H,6,17H2,1H3,(H,18,19). The molecule has 1 aromatic carbocycles. The van der Waals surface area contributed by atoms with E-state index in [1.807, 2.05) is 0 Å². The van der Waals surface area contributed by atoms with Gasteiger partial charge >= 0.3 is 0 Å². The van der Waals surface area contributed by atoms with Crippen LogP contribution in [0.3, 0.4) is 0 Å². The molecule has 0 radical (unpaired) electrons. The summed E-state index contributed by atoms with van der Waals surface area (Å²) in [5, 5.41) is 3.32. The Bertz CT molecular complexity index is 695. The fraction of sp³-hybridized carbons (Fsp3) is 0.133. The highest BCUT2D eigenvalue weighted by atomic mass is 35.5. The molecule has 1 amide bonds. The van der Waals surface area contributed by atoms with Crippen LogP contribution in [0, 0.1) is 18.8 Å². The van der Waals surface area contributed by atoms with Gasteiger partial charge in [-0.05, 0) is 31.2 Å². The molecule has 0 saturated carbocycles. The van der Waals surface area contributed by atoms with Crippen LogP contribution in [0.5, 0.6) is 0 Å². The lowest BCUT2D eigenvalue weighted by Crippen LogP contribution is -2.12. The number of carbonyl (C=O) groups is 1. The number of aryl methyl sites for hydroxylation is 1. The molecule has 2 aromatic rings. The molecule has 0 aliphatic heterocycles. The van der Waals surface area contributed by atoms with E-state index in [1.165, 1.54) is 6.26 Å². The van der Waals surface area contributed by atoms with E-state index >= 15 is 0 Å². The van der Waals surface area contributed by atoms with E-state index in [0.29, 0.717) is 27.6 Å². The predicted molar refractivity (Wildman–Crippen MR) is 78.8 cm³/mol. The predicted octanol–water partition coefficient (Wildman–Crippen LogP) is 2.80. The number of hydrogen-bond donors (Lipinski definition) is 2. The van der Waals surface area contributed by atoms with Gasteiger partial charge in [-0.1, -0.05) is 23.4 Å². The zero-order valence-electron chi connectivity index (χ0n) is 10.9. The number of nitrogens with one attached hydrogen (secondary N) is 1. The summed E-state index contributed by atoms with van der Waals surface area (Å²) in [5.41, 5.74) is 7.01. The van der Waals surface area contributed by atoms with Crippen molar-refractivity contribution in [1.29, 1.82) is 0 Å². The van der Waals surface area contributed by atoms with Crippen molar-refractivity contribution in [2.24, 2.45) is 5.73 Å². The Morgan fingerprint density at radius 2 is 2.25 bits per heavy atom. The molecule has 0 fully saturated rings. The third-order valence-corrected chi connectivity index (χ3v) is 2.78. The molecule has 1 aromatic heterocycles. The highest BCUT2D eigenvalue weighted by Crippen LogP contribution is 2.21. The largest absolute Gasteiger partial charge is 0.469 e. The van der Waals surface area contributed by atoms with Gasteiger partial charge < -0.3 is 15.5 Å². The lowest BCUT2D eigenvalue weighted by molar-refractivity contribution is 0.102. The maximum atomic E-state index is 12.1. The quantitative estimate of drug-likeness (QED) is 0.835. The minimum atomic E-state index is -0.264. The smallest absolute Gasteiger partial charge is 0.258 e. The number of carbonyl (C=O) groups excluding carboxylic acids is 1. The van der Waals surface area contributed by atoms with Crippen LogP contribution in [-0.2, 0) is 0 Å². The summed E-state index contributed by atoms with van der Waals surface area (Å²) in [6, 6.07) is 6.73. The van der Waals surface area contributed by atoms with Crippen molar-refractivity contribution in [3.8, 4) is 11.8 Å². The fourth-order valence-electron chi connectivity index (χ4n) is 1.63. The number of halogens is 1. The van der Waals surface area contributed by atoms with Crippen molar-refractivity contribution in [2.45, 2.75) is 6.92 Å². The van der Waals surface area contributed by atoms with Crippen LogP contribution in [0.4, 0.5) is 5.69 Å². The third kappa shape index (κ3) is 3.41. The van der Waals surface area contributed by atoms with Crippen LogP contribution >= 0.6 is 11.6 Å². The molecule has 0 spiro atoms. The second-order valence-electron chi connectivity index (χ2n) is 4.10. The van der Waals surface area contributed by atoms with Crippen molar-refractivity contribution in [3.63, 3.8) is 0 Å². The average Bonchev–Trinajstić information content (AvgIpc) is 2.85. The molecule has 0 atom stereocenters. The summed E-state index contributed by atoms with van der Waals surface area (Å²) in [6.07, 6.45) is 1.41. The topological polar surface area (TPSA) is 68.3 Å². The van der Waals surface area contributed by atoms with Crippen molar-refractivity contribution >= 4 is 23.2 Å². The molecule has 0 aliphatic rings. The van der Waals surface area contributed by atoms with E-state index in [1.54, 1.807) is 31.2 Å². The van der Waals surface area contributed by atoms with E-state index in [0.717, 1.165) is 0 Å². The molecule has 2 rings (SSSR count). The van der Waals surface area contributed by atoms with Crippen LogP contribution < -0.4 is 11.1 Å². The molecule has 3 N–H and O–H groups in total. The lowest BCUT2D eigenvalue weighted by Gasteiger charge is -2.06. The molecule has 0 saturated heterocycles. The van der Waals surface area contributed by atoms with Gasteiger partial charge in [-0.25, -0.2) is 0 Å². The highest BCUT2D eigenvalue weighted by molar-refractivity contribution is 6.30. The SMILES string of the molecule is Cc1cc(C(=O)Nc2ccc(Cl)cc2C#CCN)co1. The summed E-state index contributed by atoms with van der Waals surface area (Å²) in [6.45, 7) is 2.01. The average molecular weight is 289 g/mol. The summed E-state index contributed by atoms with van der Waals surface area (Å²) >= 11 is 5.93. The first-order valence-corrected chi connectivity index (χ1v) is 6.33. The Morgan fingerprint density at radius 3 is 2.90 bits per heavy atom. The van der Waals surface area contributed by atoms with E-state index in [-0.39, 0.29) is 12.5 Å². The molecule has 4 nitrogen and oxygen atoms in total. The normalized spacial score (nSPS) is 9.75. The first kappa shape index (κ1) is 14.2. The monoisotopic (exact) mass is 288 g/mol. The van der Waals surface area contributed by atoms with Crippen molar-refractivity contribution in [1.82, 2.24) is 0 Å². The summed E-state index contributed by atoms with van der Waals surface area (Å²) in [5.74, 6) is 6.03. The Kier molecular flexibility index (Phi) is 4.46. The minimum absolute atomic E-state index is 0.237. The van der Waals surface area contributed by atoms with E-state index in [9.17, 15) is 4.79 Å². The van der Waals surface area contributed by atoms with Gasteiger partial charge in [0.15, 0.2) is 0 Å². The van der Waals surface area contributed by atoms with Crippen LogP contribution in [0.1, 0.15) is 21.7 Å². The van der Waals surface area contributed by atoms with Crippen molar-refractivity contribution in [2.75, 3.05) is 11.9 Å². The Labute approximate surface area is 121 Å². The lowest BCUT2D eigenvalue weighted by atomic mass is 10.1. The van der Waals surface area contributed by atoms with Crippen LogP contribution in [0.2, 0.25) is 5.02 Å². The Balaban J connectivity index is 2.26. The van der Waals surface area contributed by atoms with E-state index in [2.05, 4.69) is 17.2 Å². The van der Waals surface area contributed by atoms with Gasteiger partial charge in [0.25, 0.3) is 5.91 Å². The van der Waals surface area contributed by atoms with Crippen LogP contribution in [-0.4, -0.2) is 12.5 Å². The minimum Gasteiger partial charge on any atom is -0.469 e. The van der Waals surface area contributed by atoms with Gasteiger partial charge in [-0.2, -0.15) is 0 Å². The van der Waals surface area contributed by atoms with Gasteiger partial charge in [0.05, 0.1) is 17.8 Å². The second kappa shape index (κ2) is 6.29. The van der Waals surface area contributed by atoms with E-state index < -0.39 is 0 Å². The van der Waals surface area contributed by atoms with Crippen LogP contribution in [0.15, 0.2) is 34.9 Å². The number of nitrogens with two attached hydrogens (primary N) is 1. The zero-order valence-corrected chi connectivity index (χ0v) is 11.6. The second-order valence-corrected chi connectivity index (χ2v) is 4.53. The third-order valence-electron chi connectivity index (χ3n) is 2.55. The molecule has 102 valence electrons. The zero-order chi connectivity index (χ0) is 14.5. The van der Waals surface area contributed by atoms with Gasteiger partial charge in [0, 0.05) is 10.6 Å². The molecule has 0 aliphatic carbocycles. The molecule has 20 heavy (non-hydrogen) atoms. The summed E-state index contributed by atoms with van der Waals surface area (Å²) < 4.78 is 5.11. The molecule has 5 heteroatoms. The number of rotatable bonds is 2. The van der Waals surface area contributed by atoms with E-state index in [4.69, 9.17) is 21.8 Å². The molecular formula is C15H13ClN2O2. The molecule has 0 bridgehead atoms. The molecule has 0 unspecified atom stereocenters. The highest BCUT2D eigenvalue weighted by Gasteiger charge is 2.11. The maximum absolute atomic E-state index is 12.1. The number of anilines is 1. The summed E-state index contributed by atoms with van der Waals surface area (Å²) in [4.78, 5) is 12.1. The van der Waals surface area contributed by atoms with Crippen molar-refractivity contribution in [3.05, 3.63) is 52.4 Å². The van der Waals surface area contributed by atoms with Crippen LogP contribution in [0.25, 0.3) is 0 Å². The molecule has 1 heterocycles. The van der Waals surface area contributed by atoms with Gasteiger partial charge in [0.2, 0.25) is 0 Å². The number of furan rings is 1. The first-order valence-electron chi connectivity index (χ1n) is 5.95. The van der Waals surface area contributed by atoms with Gasteiger partial charge in [-0.3, -0.25) is 4.79 Å². The fourth-order valence-corrected chi connectivity index (χ4v) is 1.80. The van der Waals surface area contributed by atoms with Gasteiger partial charge in [-0.15, -0.1) is 0 Å². The number of benzene rings is 1. The number of hydrogen-bond acceptors (Lipinski definition) is 3. The first-order chi connectivity index (χ1) is 9.60.